The van der Waals surface area contributed by atoms with Gasteiger partial charge in [-0.2, -0.15) is 0 Å². The molecule has 1 N–H and O–H groups in total. The van der Waals surface area contributed by atoms with Gasteiger partial charge in [0, 0.05) is 5.69 Å². The number of para-hydroxylation sites is 1. The summed E-state index contributed by atoms with van der Waals surface area (Å²) >= 11 is 0. The molecule has 2 aromatic carbocycles. The number of carbonyl (C=O) groups excluding carboxylic acids is 2. The van der Waals surface area contributed by atoms with Crippen molar-refractivity contribution in [1.29, 1.82) is 0 Å². The Labute approximate surface area is 154 Å². The summed E-state index contributed by atoms with van der Waals surface area (Å²) in [4.78, 5) is 23.7. The zero-order valence-electron chi connectivity index (χ0n) is 15.7. The SMILES string of the molecule is Cc1cccc(NC(=O)COC(=O)COc2ccccc2C(C)(C)C)c1. The van der Waals surface area contributed by atoms with Crippen molar-refractivity contribution < 1.29 is 19.1 Å². The number of amides is 1. The highest BCUT2D eigenvalue weighted by Gasteiger charge is 2.19. The van der Waals surface area contributed by atoms with Crippen LogP contribution in [0.5, 0.6) is 5.75 Å². The Bertz CT molecular complexity index is 778. The lowest BCUT2D eigenvalue weighted by Crippen LogP contribution is -2.24. The van der Waals surface area contributed by atoms with Gasteiger partial charge in [-0.25, -0.2) is 4.79 Å². The molecular formula is C21H25NO4. The Morgan fingerprint density at radius 2 is 1.73 bits per heavy atom. The quantitative estimate of drug-likeness (QED) is 0.799. The maximum Gasteiger partial charge on any atom is 0.344 e. The van der Waals surface area contributed by atoms with E-state index in [2.05, 4.69) is 26.1 Å². The molecule has 0 aromatic heterocycles. The number of nitrogens with one attached hydrogen (secondary N) is 1. The van der Waals surface area contributed by atoms with Crippen LogP contribution in [-0.2, 0) is 19.7 Å². The molecule has 0 bridgehead atoms. The van der Waals surface area contributed by atoms with Gasteiger partial charge in [-0.1, -0.05) is 51.1 Å². The fourth-order valence-electron chi connectivity index (χ4n) is 2.46. The van der Waals surface area contributed by atoms with E-state index in [1.807, 2.05) is 49.4 Å². The van der Waals surface area contributed by atoms with Crippen LogP contribution in [0.15, 0.2) is 48.5 Å². The lowest BCUT2D eigenvalue weighted by atomic mass is 9.86. The summed E-state index contributed by atoms with van der Waals surface area (Å²) in [6.07, 6.45) is 0. The topological polar surface area (TPSA) is 64.6 Å². The van der Waals surface area contributed by atoms with E-state index in [4.69, 9.17) is 9.47 Å². The first-order valence-electron chi connectivity index (χ1n) is 8.50. The maximum absolute atomic E-state index is 11.9. The van der Waals surface area contributed by atoms with E-state index in [9.17, 15) is 9.59 Å². The van der Waals surface area contributed by atoms with E-state index in [0.29, 0.717) is 11.4 Å². The largest absolute Gasteiger partial charge is 0.482 e. The van der Waals surface area contributed by atoms with Gasteiger partial charge in [-0.05, 0) is 41.7 Å². The van der Waals surface area contributed by atoms with Crippen LogP contribution in [-0.4, -0.2) is 25.1 Å². The van der Waals surface area contributed by atoms with Crippen molar-refractivity contribution in [2.24, 2.45) is 0 Å². The van der Waals surface area contributed by atoms with Crippen LogP contribution < -0.4 is 10.1 Å². The molecule has 5 nitrogen and oxygen atoms in total. The van der Waals surface area contributed by atoms with E-state index in [1.54, 1.807) is 6.07 Å². The third-order valence-corrected chi connectivity index (χ3v) is 3.71. The van der Waals surface area contributed by atoms with E-state index >= 15 is 0 Å². The van der Waals surface area contributed by atoms with Gasteiger partial charge in [0.05, 0.1) is 0 Å². The second-order valence-electron chi connectivity index (χ2n) is 7.11. The molecule has 0 saturated heterocycles. The first-order chi connectivity index (χ1) is 12.3. The molecule has 0 unspecified atom stereocenters. The molecule has 26 heavy (non-hydrogen) atoms. The molecular weight excluding hydrogens is 330 g/mol. The summed E-state index contributed by atoms with van der Waals surface area (Å²) in [7, 11) is 0. The van der Waals surface area contributed by atoms with Crippen molar-refractivity contribution in [3.05, 3.63) is 59.7 Å². The zero-order valence-corrected chi connectivity index (χ0v) is 15.7. The van der Waals surface area contributed by atoms with Crippen molar-refractivity contribution >= 4 is 17.6 Å². The third kappa shape index (κ3) is 5.92. The number of rotatable bonds is 6. The lowest BCUT2D eigenvalue weighted by molar-refractivity contribution is -0.149. The van der Waals surface area contributed by atoms with Crippen molar-refractivity contribution in [2.45, 2.75) is 33.1 Å². The molecule has 138 valence electrons. The summed E-state index contributed by atoms with van der Waals surface area (Å²) in [5, 5.41) is 2.68. The average molecular weight is 355 g/mol. The second kappa shape index (κ2) is 8.52. The molecule has 0 fully saturated rings. The van der Waals surface area contributed by atoms with Gasteiger partial charge in [0.2, 0.25) is 0 Å². The lowest BCUT2D eigenvalue weighted by Gasteiger charge is -2.22. The molecule has 2 aromatic rings. The molecule has 0 heterocycles. The molecule has 5 heteroatoms. The number of ether oxygens (including phenoxy) is 2. The van der Waals surface area contributed by atoms with Crippen molar-refractivity contribution in [2.75, 3.05) is 18.5 Å². The fraction of sp³-hybridized carbons (Fsp3) is 0.333. The van der Waals surface area contributed by atoms with Crippen LogP contribution in [0.3, 0.4) is 0 Å². The van der Waals surface area contributed by atoms with Crippen LogP contribution in [0.2, 0.25) is 0 Å². The highest BCUT2D eigenvalue weighted by Crippen LogP contribution is 2.30. The molecule has 0 radical (unpaired) electrons. The number of benzene rings is 2. The third-order valence-electron chi connectivity index (χ3n) is 3.71. The molecule has 1 amide bonds. The fourth-order valence-corrected chi connectivity index (χ4v) is 2.46. The predicted octanol–water partition coefficient (Wildman–Crippen LogP) is 3.85. The summed E-state index contributed by atoms with van der Waals surface area (Å²) < 4.78 is 10.6. The van der Waals surface area contributed by atoms with E-state index in [1.165, 1.54) is 0 Å². The number of carbonyl (C=O) groups is 2. The Morgan fingerprint density at radius 3 is 2.42 bits per heavy atom. The van der Waals surface area contributed by atoms with Gasteiger partial charge in [-0.15, -0.1) is 0 Å². The van der Waals surface area contributed by atoms with Gasteiger partial charge in [0.15, 0.2) is 13.2 Å². The minimum Gasteiger partial charge on any atom is -0.482 e. The Balaban J connectivity index is 1.82. The smallest absolute Gasteiger partial charge is 0.344 e. The summed E-state index contributed by atoms with van der Waals surface area (Å²) in [6, 6.07) is 15.0. The van der Waals surface area contributed by atoms with Crippen molar-refractivity contribution in [3.8, 4) is 5.75 Å². The van der Waals surface area contributed by atoms with Gasteiger partial charge < -0.3 is 14.8 Å². The maximum atomic E-state index is 11.9. The number of esters is 1. The monoisotopic (exact) mass is 355 g/mol. The predicted molar refractivity (Wildman–Crippen MR) is 101 cm³/mol. The summed E-state index contributed by atoms with van der Waals surface area (Å²) in [5.74, 6) is -0.340. The highest BCUT2D eigenvalue weighted by atomic mass is 16.6. The van der Waals surface area contributed by atoms with Gasteiger partial charge in [0.1, 0.15) is 5.75 Å². The highest BCUT2D eigenvalue weighted by molar-refractivity contribution is 5.92. The Kier molecular flexibility index (Phi) is 6.39. The molecule has 2 rings (SSSR count). The molecule has 0 aliphatic carbocycles. The number of aryl methyl sites for hydroxylation is 1. The minimum absolute atomic E-state index is 0.103. The van der Waals surface area contributed by atoms with Crippen LogP contribution in [0.25, 0.3) is 0 Å². The molecule has 0 spiro atoms. The Hall–Kier alpha value is -2.82. The van der Waals surface area contributed by atoms with Gasteiger partial charge in [-0.3, -0.25) is 4.79 Å². The van der Waals surface area contributed by atoms with Gasteiger partial charge in [0.25, 0.3) is 5.91 Å². The zero-order chi connectivity index (χ0) is 19.2. The second-order valence-corrected chi connectivity index (χ2v) is 7.11. The molecule has 0 aliphatic rings. The normalized spacial score (nSPS) is 10.9. The number of anilines is 1. The van der Waals surface area contributed by atoms with Crippen LogP contribution >= 0.6 is 0 Å². The molecule has 0 saturated carbocycles. The van der Waals surface area contributed by atoms with E-state index in [-0.39, 0.29) is 24.5 Å². The average Bonchev–Trinajstić information content (AvgIpc) is 2.57. The Morgan fingerprint density at radius 1 is 1.00 bits per heavy atom. The number of hydrogen-bond donors (Lipinski definition) is 1. The first-order valence-corrected chi connectivity index (χ1v) is 8.50. The van der Waals surface area contributed by atoms with Crippen LogP contribution in [0.1, 0.15) is 31.9 Å². The van der Waals surface area contributed by atoms with E-state index < -0.39 is 5.97 Å². The van der Waals surface area contributed by atoms with Crippen LogP contribution in [0.4, 0.5) is 5.69 Å². The summed E-state index contributed by atoms with van der Waals surface area (Å²) in [5.41, 5.74) is 2.60. The van der Waals surface area contributed by atoms with Crippen molar-refractivity contribution in [3.63, 3.8) is 0 Å². The standard InChI is InChI=1S/C21H25NO4/c1-15-8-7-9-16(12-15)22-19(23)13-26-20(24)14-25-18-11-6-5-10-17(18)21(2,3)4/h5-12H,13-14H2,1-4H3,(H,22,23). The first kappa shape index (κ1) is 19.5. The number of hydrogen-bond acceptors (Lipinski definition) is 4. The summed E-state index contributed by atoms with van der Waals surface area (Å²) in [6.45, 7) is 7.56. The van der Waals surface area contributed by atoms with Crippen molar-refractivity contribution in [1.82, 2.24) is 0 Å². The molecule has 0 atom stereocenters. The van der Waals surface area contributed by atoms with E-state index in [0.717, 1.165) is 11.1 Å². The van der Waals surface area contributed by atoms with Gasteiger partial charge >= 0.3 is 5.97 Å². The van der Waals surface area contributed by atoms with Crippen LogP contribution in [0, 0.1) is 6.92 Å². The minimum atomic E-state index is -0.590. The molecule has 0 aliphatic heterocycles.